The number of nitrogens with zero attached hydrogens (tertiary/aromatic N) is 3. The minimum atomic E-state index is -2.27. The van der Waals surface area contributed by atoms with Gasteiger partial charge in [0.1, 0.15) is 5.52 Å². The Kier molecular flexibility index (Phi) is 5.23. The van der Waals surface area contributed by atoms with Crippen LogP contribution in [-0.4, -0.2) is 9.38 Å². The Hall–Kier alpha value is -3.20. The molecule has 3 nitrogen and oxygen atoms in total. The number of hydrogen-bond donors (Lipinski definition) is 0. The molecule has 0 aliphatic carbocycles. The molecule has 1 aliphatic heterocycles. The van der Waals surface area contributed by atoms with E-state index >= 15 is 0 Å². The highest BCUT2D eigenvalue weighted by atomic mass is 15.1. The van der Waals surface area contributed by atoms with E-state index in [0.29, 0.717) is 17.4 Å². The van der Waals surface area contributed by atoms with Crippen LogP contribution in [0.25, 0.3) is 38.7 Å². The minimum Gasteiger partial charge on any atom is -0.255 e. The molecule has 0 saturated carbocycles. The molecule has 1 aliphatic rings. The Balaban J connectivity index is 1.90. The molecule has 5 aromatic rings. The van der Waals surface area contributed by atoms with Gasteiger partial charge in [-0.25, -0.2) is 4.57 Å². The van der Waals surface area contributed by atoms with Gasteiger partial charge in [0.05, 0.1) is 23.3 Å². The van der Waals surface area contributed by atoms with Crippen molar-refractivity contribution in [3.63, 3.8) is 0 Å². The van der Waals surface area contributed by atoms with Crippen LogP contribution < -0.4 is 4.57 Å². The lowest BCUT2D eigenvalue weighted by Crippen LogP contribution is -2.44. The molecule has 4 heterocycles. The zero-order chi connectivity index (χ0) is 31.4. The second kappa shape index (κ2) is 8.90. The minimum absolute atomic E-state index is 0.274. The molecule has 0 spiro atoms. The van der Waals surface area contributed by atoms with E-state index < -0.39 is 6.85 Å². The molecule has 0 N–H and O–H groups in total. The summed E-state index contributed by atoms with van der Waals surface area (Å²) < 4.78 is 30.4. The summed E-state index contributed by atoms with van der Waals surface area (Å²) in [6, 6.07) is 13.2. The predicted octanol–water partition coefficient (Wildman–Crippen LogP) is 8.71. The van der Waals surface area contributed by atoms with Crippen molar-refractivity contribution in [3.8, 4) is 11.3 Å². The predicted molar refractivity (Wildman–Crippen MR) is 169 cm³/mol. The van der Waals surface area contributed by atoms with Gasteiger partial charge in [-0.05, 0) is 78.9 Å². The number of hydrogen-bond acceptors (Lipinski definition) is 1. The van der Waals surface area contributed by atoms with Crippen LogP contribution in [-0.2, 0) is 30.7 Å². The van der Waals surface area contributed by atoms with Crippen molar-refractivity contribution < 1.29 is 8.68 Å². The maximum Gasteiger partial charge on any atom is 0.297 e. The number of benzene rings is 2. The average molecular weight is 536 g/mol. The lowest BCUT2D eigenvalue weighted by molar-refractivity contribution is -0.632. The van der Waals surface area contributed by atoms with Crippen LogP contribution in [0.15, 0.2) is 42.6 Å². The quantitative estimate of drug-likeness (QED) is 0.163. The lowest BCUT2D eigenvalue weighted by Gasteiger charge is -2.43. The van der Waals surface area contributed by atoms with E-state index in [0.717, 1.165) is 45.9 Å². The highest BCUT2D eigenvalue weighted by Crippen LogP contribution is 2.53. The first-order valence-electron chi connectivity index (χ1n) is 16.4. The molecular formula is C37H46N3+. The van der Waals surface area contributed by atoms with E-state index in [-0.39, 0.29) is 10.8 Å². The molecule has 6 rings (SSSR count). The fourth-order valence-electron chi connectivity index (χ4n) is 7.34. The fourth-order valence-corrected chi connectivity index (χ4v) is 7.34. The number of rotatable bonds is 5. The molecule has 0 atom stereocenters. The summed E-state index contributed by atoms with van der Waals surface area (Å²) in [7, 11) is 2.19. The van der Waals surface area contributed by atoms with Gasteiger partial charge < -0.3 is 0 Å². The first-order valence-corrected chi connectivity index (χ1v) is 14.9. The Morgan fingerprint density at radius 1 is 0.875 bits per heavy atom. The van der Waals surface area contributed by atoms with Crippen LogP contribution in [0, 0.1) is 25.6 Å². The summed E-state index contributed by atoms with van der Waals surface area (Å²) in [5.74, 6) is 1.11. The van der Waals surface area contributed by atoms with Gasteiger partial charge in [0, 0.05) is 32.3 Å². The van der Waals surface area contributed by atoms with Crippen LogP contribution in [0.2, 0.25) is 0 Å². The lowest BCUT2D eigenvalue weighted by atomic mass is 9.60. The van der Waals surface area contributed by atoms with Gasteiger partial charge in [-0.2, -0.15) is 4.40 Å². The number of fused-ring (bicyclic) bond motifs is 3. The van der Waals surface area contributed by atoms with Gasteiger partial charge in [0.15, 0.2) is 11.4 Å². The van der Waals surface area contributed by atoms with Crippen molar-refractivity contribution >= 4 is 27.5 Å². The maximum atomic E-state index is 8.54. The normalized spacial score (nSPS) is 17.4. The standard InChI is InChI=1S/C37H46N3/c1-21(2)16-25-18-26(17-22(3)4)20-27(19-25)32-34-37(9,10)36(7,8)28-13-12-23(5)29-31-30(24(6)14-15-38-31)35(39(32)11)40(34)33(28)29/h12-15,18-22H,16-17H2,1-11H3/q+1/i5D3. The van der Waals surface area contributed by atoms with Gasteiger partial charge in [-0.1, -0.05) is 73.6 Å². The van der Waals surface area contributed by atoms with Gasteiger partial charge >= 0.3 is 0 Å². The molecular weight excluding hydrogens is 486 g/mol. The third-order valence-corrected chi connectivity index (χ3v) is 9.78. The van der Waals surface area contributed by atoms with E-state index in [1.165, 1.54) is 33.6 Å². The molecule has 3 heteroatoms. The number of aryl methyl sites for hydroxylation is 3. The van der Waals surface area contributed by atoms with E-state index in [4.69, 9.17) is 9.10 Å². The van der Waals surface area contributed by atoms with E-state index in [1.807, 2.05) is 18.3 Å². The van der Waals surface area contributed by atoms with E-state index in [1.54, 1.807) is 0 Å². The number of aromatic nitrogens is 3. The smallest absolute Gasteiger partial charge is 0.255 e. The first-order chi connectivity index (χ1) is 20.0. The van der Waals surface area contributed by atoms with Crippen molar-refractivity contribution in [2.75, 3.05) is 0 Å². The Morgan fingerprint density at radius 3 is 2.12 bits per heavy atom. The van der Waals surface area contributed by atoms with Crippen LogP contribution in [0.1, 0.15) is 93.0 Å². The zero-order valence-corrected chi connectivity index (χ0v) is 26.0. The van der Waals surface area contributed by atoms with E-state index in [2.05, 4.69) is 103 Å². The molecule has 0 unspecified atom stereocenters. The topological polar surface area (TPSA) is 21.2 Å². The summed E-state index contributed by atoms with van der Waals surface area (Å²) in [6.45, 7) is 18.3. The third-order valence-electron chi connectivity index (χ3n) is 9.78. The zero-order valence-electron chi connectivity index (χ0n) is 29.0. The van der Waals surface area contributed by atoms with Crippen molar-refractivity contribution in [2.45, 2.75) is 92.8 Å². The van der Waals surface area contributed by atoms with Gasteiger partial charge in [0.25, 0.3) is 5.65 Å². The molecule has 2 aromatic carbocycles. The summed E-state index contributed by atoms with van der Waals surface area (Å²) in [4.78, 5) is 4.91. The first kappa shape index (κ1) is 23.5. The van der Waals surface area contributed by atoms with Crippen molar-refractivity contribution in [2.24, 2.45) is 18.9 Å². The molecule has 0 bridgehead atoms. The number of pyridine rings is 2. The summed E-state index contributed by atoms with van der Waals surface area (Å²) >= 11 is 0. The van der Waals surface area contributed by atoms with Crippen LogP contribution in [0.3, 0.4) is 0 Å². The van der Waals surface area contributed by atoms with Crippen molar-refractivity contribution in [1.29, 1.82) is 0 Å². The van der Waals surface area contributed by atoms with Crippen LogP contribution >= 0.6 is 0 Å². The van der Waals surface area contributed by atoms with Gasteiger partial charge in [-0.15, -0.1) is 0 Å². The molecule has 40 heavy (non-hydrogen) atoms. The Labute approximate surface area is 244 Å². The van der Waals surface area contributed by atoms with Crippen molar-refractivity contribution in [1.82, 2.24) is 9.38 Å². The van der Waals surface area contributed by atoms with Gasteiger partial charge in [0.2, 0.25) is 0 Å². The average Bonchev–Trinajstić information content (AvgIpc) is 3.19. The van der Waals surface area contributed by atoms with Crippen LogP contribution in [0.5, 0.6) is 0 Å². The maximum absolute atomic E-state index is 8.54. The summed E-state index contributed by atoms with van der Waals surface area (Å²) in [5, 5.41) is 1.77. The summed E-state index contributed by atoms with van der Waals surface area (Å²) in [5.41, 5.74) is 11.3. The van der Waals surface area contributed by atoms with Crippen LogP contribution in [0.4, 0.5) is 0 Å². The molecule has 0 amide bonds. The molecule has 0 saturated heterocycles. The van der Waals surface area contributed by atoms with Gasteiger partial charge in [-0.3, -0.25) is 4.98 Å². The number of imidazole rings is 1. The van der Waals surface area contributed by atoms with Crippen molar-refractivity contribution in [3.05, 3.63) is 76.1 Å². The highest BCUT2D eigenvalue weighted by molar-refractivity contribution is 6.13. The largest absolute Gasteiger partial charge is 0.297 e. The van der Waals surface area contributed by atoms with E-state index in [9.17, 15) is 0 Å². The monoisotopic (exact) mass is 535 g/mol. The fraction of sp³-hybridized carbons (Fsp3) is 0.459. The molecule has 3 aromatic heterocycles. The molecule has 208 valence electrons. The third kappa shape index (κ3) is 3.62. The summed E-state index contributed by atoms with van der Waals surface area (Å²) in [6.07, 6.45) is 3.88. The second-order valence-electron chi connectivity index (χ2n) is 14.1. The molecule has 0 fully saturated rings. The molecule has 0 radical (unpaired) electrons. The Morgan fingerprint density at radius 2 is 1.52 bits per heavy atom. The Bertz CT molecular complexity index is 1910. The second-order valence-corrected chi connectivity index (χ2v) is 14.1. The SMILES string of the molecule is [2H]C([2H])([2H])c1ccc2c3c1c1nccc(C)c1c1n3c(c(-c3cc(CC(C)C)cc(CC(C)C)c3)[n+]1C)C(C)(C)C2(C)C. The highest BCUT2D eigenvalue weighted by Gasteiger charge is 2.53.